The minimum atomic E-state index is -1.19. The Morgan fingerprint density at radius 1 is 0.811 bits per heavy atom. The summed E-state index contributed by atoms with van der Waals surface area (Å²) in [5.74, 6) is -1.71. The van der Waals surface area contributed by atoms with Gasteiger partial charge in [-0.15, -0.1) is 11.8 Å². The van der Waals surface area contributed by atoms with Gasteiger partial charge in [0, 0.05) is 5.75 Å². The summed E-state index contributed by atoms with van der Waals surface area (Å²) >= 11 is 1.43. The second kappa shape index (κ2) is 12.5. The van der Waals surface area contributed by atoms with Crippen molar-refractivity contribution in [3.63, 3.8) is 0 Å². The molecule has 3 N–H and O–H groups in total. The van der Waals surface area contributed by atoms with E-state index in [1.807, 2.05) is 91.0 Å². The molecule has 8 heteroatoms. The average Bonchev–Trinajstić information content (AvgIpc) is 2.88. The number of aliphatic carboxylic acids is 1. The van der Waals surface area contributed by atoms with Gasteiger partial charge in [-0.25, -0.2) is 9.59 Å². The lowest BCUT2D eigenvalue weighted by Crippen LogP contribution is -2.48. The summed E-state index contributed by atoms with van der Waals surface area (Å²) in [6.45, 7) is 4.74. The average molecular weight is 521 g/mol. The molecule has 0 fully saturated rings. The molecule has 0 heterocycles. The van der Waals surface area contributed by atoms with Crippen molar-refractivity contribution in [1.82, 2.24) is 10.6 Å². The van der Waals surface area contributed by atoms with Crippen molar-refractivity contribution in [2.45, 2.75) is 37.2 Å². The van der Waals surface area contributed by atoms with Gasteiger partial charge in [0.15, 0.2) is 0 Å². The van der Waals surface area contributed by atoms with E-state index < -0.39 is 40.9 Å². The Balaban J connectivity index is 1.87. The van der Waals surface area contributed by atoms with Gasteiger partial charge in [0.05, 0.1) is 4.75 Å². The van der Waals surface area contributed by atoms with Gasteiger partial charge in [0.2, 0.25) is 5.91 Å². The predicted octanol–water partition coefficient (Wildman–Crippen LogP) is 4.81. The monoisotopic (exact) mass is 520 g/mol. The molecular formula is C29H32N2O5S. The number of thioether (sulfide) groups is 1. The first-order chi connectivity index (χ1) is 17.6. The highest BCUT2D eigenvalue weighted by Gasteiger charge is 2.38. The Morgan fingerprint density at radius 3 is 1.62 bits per heavy atom. The summed E-state index contributed by atoms with van der Waals surface area (Å²) in [7, 11) is 0. The fourth-order valence-corrected chi connectivity index (χ4v) is 5.41. The third kappa shape index (κ3) is 7.60. The first-order valence-corrected chi connectivity index (χ1v) is 12.9. The van der Waals surface area contributed by atoms with Crippen molar-refractivity contribution in [3.8, 4) is 0 Å². The molecule has 1 unspecified atom stereocenters. The Bertz CT molecular complexity index is 1080. The number of nitrogens with one attached hydrogen (secondary N) is 2. The van der Waals surface area contributed by atoms with E-state index >= 15 is 0 Å². The van der Waals surface area contributed by atoms with Gasteiger partial charge < -0.3 is 20.5 Å². The Morgan fingerprint density at radius 2 is 1.24 bits per heavy atom. The molecule has 37 heavy (non-hydrogen) atoms. The maximum absolute atomic E-state index is 12.5. The van der Waals surface area contributed by atoms with Gasteiger partial charge in [0.1, 0.15) is 18.2 Å². The van der Waals surface area contributed by atoms with Crippen LogP contribution >= 0.6 is 11.8 Å². The van der Waals surface area contributed by atoms with Crippen molar-refractivity contribution in [2.75, 3.05) is 12.3 Å². The number of benzene rings is 3. The Labute approximate surface area is 221 Å². The molecule has 0 radical (unpaired) electrons. The second-order valence-corrected chi connectivity index (χ2v) is 10.6. The summed E-state index contributed by atoms with van der Waals surface area (Å²) < 4.78 is 4.40. The van der Waals surface area contributed by atoms with E-state index in [1.54, 1.807) is 20.8 Å². The molecule has 0 aliphatic carbocycles. The minimum absolute atomic E-state index is 0.0756. The smallest absolute Gasteiger partial charge is 0.408 e. The van der Waals surface area contributed by atoms with E-state index in [1.165, 1.54) is 11.8 Å². The van der Waals surface area contributed by atoms with Crippen LogP contribution < -0.4 is 10.6 Å². The molecule has 0 aromatic heterocycles. The number of carboxylic acids is 1. The molecule has 0 spiro atoms. The summed E-state index contributed by atoms with van der Waals surface area (Å²) in [6, 6.07) is 28.5. The van der Waals surface area contributed by atoms with E-state index in [4.69, 9.17) is 4.74 Å². The Hall–Kier alpha value is -3.78. The number of carboxylic acid groups (broad SMARTS) is 1. The van der Waals surface area contributed by atoms with Crippen LogP contribution in [0, 0.1) is 0 Å². The van der Waals surface area contributed by atoms with Crippen molar-refractivity contribution < 1.29 is 24.2 Å². The van der Waals surface area contributed by atoms with Crippen molar-refractivity contribution in [1.29, 1.82) is 0 Å². The standard InChI is InChI=1S/C29H32N2O5S/c1-28(2,3)36-27(35)30-19-25(32)31-24(26(33)34)20-37-29(21-13-7-4-8-14-21,22-15-9-5-10-16-22)23-17-11-6-12-18-23/h4-18,24H,19-20H2,1-3H3,(H,30,35)(H,31,32)(H,33,34). The van der Waals surface area contributed by atoms with E-state index in [0.29, 0.717) is 0 Å². The Kier molecular flexibility index (Phi) is 9.36. The molecule has 2 amide bonds. The number of ether oxygens (including phenoxy) is 1. The van der Waals surface area contributed by atoms with Crippen molar-refractivity contribution in [3.05, 3.63) is 108 Å². The zero-order valence-electron chi connectivity index (χ0n) is 21.1. The SMILES string of the molecule is CC(C)(C)OC(=O)NCC(=O)NC(CSC(c1ccccc1)(c1ccccc1)c1ccccc1)C(=O)O. The van der Waals surface area contributed by atoms with Crippen molar-refractivity contribution in [2.24, 2.45) is 0 Å². The number of carbonyl (C=O) groups excluding carboxylic acids is 2. The number of alkyl carbamates (subject to hydrolysis) is 1. The van der Waals surface area contributed by atoms with Crippen LogP contribution in [0.15, 0.2) is 91.0 Å². The molecule has 0 aliphatic rings. The van der Waals surface area contributed by atoms with E-state index in [0.717, 1.165) is 16.7 Å². The van der Waals surface area contributed by atoms with Gasteiger partial charge in [-0.05, 0) is 37.5 Å². The fraction of sp³-hybridized carbons (Fsp3) is 0.276. The van der Waals surface area contributed by atoms with E-state index in [-0.39, 0.29) is 5.75 Å². The molecule has 0 saturated carbocycles. The molecule has 3 rings (SSSR count). The topological polar surface area (TPSA) is 105 Å². The van der Waals surface area contributed by atoms with Gasteiger partial charge in [-0.2, -0.15) is 0 Å². The van der Waals surface area contributed by atoms with Gasteiger partial charge in [-0.3, -0.25) is 4.79 Å². The van der Waals surface area contributed by atoms with Crippen molar-refractivity contribution >= 4 is 29.7 Å². The lowest BCUT2D eigenvalue weighted by molar-refractivity contribution is -0.140. The zero-order valence-corrected chi connectivity index (χ0v) is 22.0. The number of amides is 2. The van der Waals surface area contributed by atoms with E-state index in [9.17, 15) is 19.5 Å². The lowest BCUT2D eigenvalue weighted by Gasteiger charge is -2.36. The van der Waals surface area contributed by atoms with Crippen LogP contribution in [-0.4, -0.2) is 47.0 Å². The van der Waals surface area contributed by atoms with Crippen LogP contribution in [0.3, 0.4) is 0 Å². The van der Waals surface area contributed by atoms with Crippen LogP contribution in [0.1, 0.15) is 37.5 Å². The molecule has 1 atom stereocenters. The molecular weight excluding hydrogens is 488 g/mol. The summed E-state index contributed by atoms with van der Waals surface area (Å²) in [5.41, 5.74) is 2.24. The number of carbonyl (C=O) groups is 3. The number of hydrogen-bond acceptors (Lipinski definition) is 5. The predicted molar refractivity (Wildman–Crippen MR) is 145 cm³/mol. The molecule has 3 aromatic carbocycles. The summed E-state index contributed by atoms with van der Waals surface area (Å²) in [5, 5.41) is 14.8. The number of hydrogen-bond donors (Lipinski definition) is 3. The number of rotatable bonds is 10. The maximum atomic E-state index is 12.5. The van der Waals surface area contributed by atoms with Gasteiger partial charge >= 0.3 is 12.1 Å². The summed E-state index contributed by atoms with van der Waals surface area (Å²) in [4.78, 5) is 36.5. The normalized spacial score (nSPS) is 12.3. The first kappa shape index (κ1) is 27.8. The summed E-state index contributed by atoms with van der Waals surface area (Å²) in [6.07, 6.45) is -0.750. The molecule has 0 aliphatic heterocycles. The highest BCUT2D eigenvalue weighted by Crippen LogP contribution is 2.48. The van der Waals surface area contributed by atoms with Crippen LogP contribution in [-0.2, 0) is 19.1 Å². The highest BCUT2D eigenvalue weighted by molar-refractivity contribution is 8.00. The second-order valence-electron chi connectivity index (χ2n) is 9.40. The first-order valence-electron chi connectivity index (χ1n) is 11.9. The fourth-order valence-electron chi connectivity index (χ4n) is 3.86. The third-order valence-electron chi connectivity index (χ3n) is 5.43. The maximum Gasteiger partial charge on any atom is 0.408 e. The lowest BCUT2D eigenvalue weighted by atomic mass is 9.84. The molecule has 3 aromatic rings. The molecule has 0 bridgehead atoms. The molecule has 7 nitrogen and oxygen atoms in total. The van der Waals surface area contributed by atoms with E-state index in [2.05, 4.69) is 10.6 Å². The van der Waals surface area contributed by atoms with Gasteiger partial charge in [0.25, 0.3) is 0 Å². The molecule has 194 valence electrons. The largest absolute Gasteiger partial charge is 0.480 e. The minimum Gasteiger partial charge on any atom is -0.480 e. The van der Waals surface area contributed by atoms with Crippen LogP contribution in [0.25, 0.3) is 0 Å². The van der Waals surface area contributed by atoms with Gasteiger partial charge in [-0.1, -0.05) is 91.0 Å². The third-order valence-corrected chi connectivity index (χ3v) is 7.07. The molecule has 0 saturated heterocycles. The van der Waals surface area contributed by atoms with Crippen LogP contribution in [0.5, 0.6) is 0 Å². The van der Waals surface area contributed by atoms with Crippen LogP contribution in [0.2, 0.25) is 0 Å². The van der Waals surface area contributed by atoms with Crippen LogP contribution in [0.4, 0.5) is 4.79 Å². The highest BCUT2D eigenvalue weighted by atomic mass is 32.2. The zero-order chi connectivity index (χ0) is 26.9. The quantitative estimate of drug-likeness (QED) is 0.332.